The van der Waals surface area contributed by atoms with Gasteiger partial charge in [0.1, 0.15) is 11.6 Å². The van der Waals surface area contributed by atoms with Crippen molar-refractivity contribution in [1.29, 1.82) is 0 Å². The maximum absolute atomic E-state index is 13.1. The van der Waals surface area contributed by atoms with Crippen LogP contribution in [-0.2, 0) is 10.0 Å². The molecular formula is C22H22FN3O3S. The predicted molar refractivity (Wildman–Crippen MR) is 111 cm³/mol. The summed E-state index contributed by atoms with van der Waals surface area (Å²) in [5.74, 6) is 0.420. The first-order valence-corrected chi connectivity index (χ1v) is 11.1. The zero-order chi connectivity index (χ0) is 21.1. The van der Waals surface area contributed by atoms with Crippen LogP contribution in [0, 0.1) is 5.82 Å². The number of sulfonamides is 1. The van der Waals surface area contributed by atoms with Gasteiger partial charge >= 0.3 is 0 Å². The minimum absolute atomic E-state index is 0.113. The molecule has 0 bridgehead atoms. The molecule has 2 aromatic carbocycles. The lowest BCUT2D eigenvalue weighted by atomic mass is 9.95. The van der Waals surface area contributed by atoms with Gasteiger partial charge in [-0.15, -0.1) is 0 Å². The molecule has 8 heteroatoms. The summed E-state index contributed by atoms with van der Waals surface area (Å²) in [6.07, 6.45) is 4.76. The molecule has 156 valence electrons. The lowest BCUT2D eigenvalue weighted by Gasteiger charge is -2.31. The van der Waals surface area contributed by atoms with Crippen molar-refractivity contribution >= 4 is 10.0 Å². The standard InChI is InChI=1S/C22H22FN3O3S/c1-29-19-4-2-3-17(13-19)22-15-24-14-21(25-22)16-9-11-26(12-10-16)30(27,28)20-7-5-18(23)6-8-20/h2-8,13-16H,9-12H2,1H3. The first-order valence-electron chi connectivity index (χ1n) is 9.69. The fourth-order valence-electron chi connectivity index (χ4n) is 3.65. The summed E-state index contributed by atoms with van der Waals surface area (Å²) < 4.78 is 45.5. The normalized spacial score (nSPS) is 15.8. The second-order valence-corrected chi connectivity index (χ2v) is 9.13. The Morgan fingerprint density at radius 1 is 1.07 bits per heavy atom. The minimum atomic E-state index is -3.63. The molecule has 2 heterocycles. The van der Waals surface area contributed by atoms with Gasteiger partial charge in [0.15, 0.2) is 0 Å². The number of ether oxygens (including phenoxy) is 1. The molecular weight excluding hydrogens is 405 g/mol. The van der Waals surface area contributed by atoms with Crippen molar-refractivity contribution in [3.8, 4) is 17.0 Å². The molecule has 0 aliphatic carbocycles. The SMILES string of the molecule is COc1cccc(-c2cncc(C3CCN(S(=O)(=O)c4ccc(F)cc4)CC3)n2)c1. The first-order chi connectivity index (χ1) is 14.5. The summed E-state index contributed by atoms with van der Waals surface area (Å²) in [6.45, 7) is 0.769. The van der Waals surface area contributed by atoms with Crippen molar-refractivity contribution in [2.45, 2.75) is 23.7 Å². The van der Waals surface area contributed by atoms with Gasteiger partial charge in [-0.05, 0) is 49.2 Å². The molecule has 0 amide bonds. The van der Waals surface area contributed by atoms with E-state index in [1.54, 1.807) is 19.5 Å². The van der Waals surface area contributed by atoms with Gasteiger partial charge in [-0.25, -0.2) is 17.8 Å². The fourth-order valence-corrected chi connectivity index (χ4v) is 5.12. The van der Waals surface area contributed by atoms with Gasteiger partial charge in [-0.3, -0.25) is 4.98 Å². The predicted octanol–water partition coefficient (Wildman–Crippen LogP) is 3.86. The van der Waals surface area contributed by atoms with Crippen molar-refractivity contribution in [2.75, 3.05) is 20.2 Å². The van der Waals surface area contributed by atoms with Crippen molar-refractivity contribution < 1.29 is 17.5 Å². The van der Waals surface area contributed by atoms with E-state index in [1.165, 1.54) is 28.6 Å². The summed E-state index contributed by atoms with van der Waals surface area (Å²) in [5, 5.41) is 0. The number of benzene rings is 2. The highest BCUT2D eigenvalue weighted by Gasteiger charge is 2.30. The van der Waals surface area contributed by atoms with Gasteiger partial charge in [0, 0.05) is 30.8 Å². The number of hydrogen-bond acceptors (Lipinski definition) is 5. The van der Waals surface area contributed by atoms with E-state index in [4.69, 9.17) is 9.72 Å². The third kappa shape index (κ3) is 4.20. The zero-order valence-corrected chi connectivity index (χ0v) is 17.3. The maximum Gasteiger partial charge on any atom is 0.243 e. The van der Waals surface area contributed by atoms with Crippen LogP contribution in [0.1, 0.15) is 24.5 Å². The summed E-state index contributed by atoms with van der Waals surface area (Å²) in [5.41, 5.74) is 2.53. The topological polar surface area (TPSA) is 72.4 Å². The van der Waals surface area contributed by atoms with E-state index < -0.39 is 15.8 Å². The molecule has 1 saturated heterocycles. The third-order valence-corrected chi connectivity index (χ3v) is 7.26. The highest BCUT2D eigenvalue weighted by Crippen LogP contribution is 2.31. The van der Waals surface area contributed by atoms with Crippen LogP contribution in [0.2, 0.25) is 0 Å². The number of rotatable bonds is 5. The molecule has 0 radical (unpaired) electrons. The van der Waals surface area contributed by atoms with Crippen LogP contribution in [0.15, 0.2) is 65.8 Å². The van der Waals surface area contributed by atoms with E-state index in [0.717, 1.165) is 22.7 Å². The summed E-state index contributed by atoms with van der Waals surface area (Å²) in [6, 6.07) is 12.6. The van der Waals surface area contributed by atoms with Gasteiger partial charge in [-0.1, -0.05) is 12.1 Å². The van der Waals surface area contributed by atoms with E-state index in [2.05, 4.69) is 4.98 Å². The van der Waals surface area contributed by atoms with Crippen LogP contribution < -0.4 is 4.74 Å². The highest BCUT2D eigenvalue weighted by atomic mass is 32.2. The minimum Gasteiger partial charge on any atom is -0.497 e. The van der Waals surface area contributed by atoms with Crippen molar-refractivity contribution in [3.63, 3.8) is 0 Å². The number of aromatic nitrogens is 2. The summed E-state index contributed by atoms with van der Waals surface area (Å²) in [4.78, 5) is 9.23. The average Bonchev–Trinajstić information content (AvgIpc) is 2.79. The van der Waals surface area contributed by atoms with Gasteiger partial charge in [0.2, 0.25) is 10.0 Å². The van der Waals surface area contributed by atoms with Crippen molar-refractivity contribution in [3.05, 3.63) is 72.4 Å². The van der Waals surface area contributed by atoms with E-state index >= 15 is 0 Å². The van der Waals surface area contributed by atoms with E-state index in [-0.39, 0.29) is 10.8 Å². The lowest BCUT2D eigenvalue weighted by molar-refractivity contribution is 0.316. The lowest BCUT2D eigenvalue weighted by Crippen LogP contribution is -2.38. The molecule has 6 nitrogen and oxygen atoms in total. The third-order valence-electron chi connectivity index (χ3n) is 5.34. The van der Waals surface area contributed by atoms with Gasteiger partial charge in [-0.2, -0.15) is 4.31 Å². The Morgan fingerprint density at radius 3 is 2.50 bits per heavy atom. The number of hydrogen-bond donors (Lipinski definition) is 0. The second-order valence-electron chi connectivity index (χ2n) is 7.19. The largest absolute Gasteiger partial charge is 0.497 e. The maximum atomic E-state index is 13.1. The number of methoxy groups -OCH3 is 1. The molecule has 0 atom stereocenters. The smallest absolute Gasteiger partial charge is 0.243 e. The van der Waals surface area contributed by atoms with Crippen LogP contribution in [0.5, 0.6) is 5.75 Å². The molecule has 1 aliphatic heterocycles. The van der Waals surface area contributed by atoms with E-state index in [1.807, 2.05) is 24.3 Å². The molecule has 3 aromatic rings. The highest BCUT2D eigenvalue weighted by molar-refractivity contribution is 7.89. The second kappa shape index (κ2) is 8.49. The molecule has 30 heavy (non-hydrogen) atoms. The summed E-state index contributed by atoms with van der Waals surface area (Å²) >= 11 is 0. The van der Waals surface area contributed by atoms with E-state index in [0.29, 0.717) is 25.9 Å². The van der Waals surface area contributed by atoms with Crippen LogP contribution in [-0.4, -0.2) is 42.9 Å². The Labute approximate surface area is 175 Å². The Kier molecular flexibility index (Phi) is 5.78. The van der Waals surface area contributed by atoms with Crippen molar-refractivity contribution in [1.82, 2.24) is 14.3 Å². The Morgan fingerprint density at radius 2 is 1.80 bits per heavy atom. The number of halogens is 1. The molecule has 1 aromatic heterocycles. The monoisotopic (exact) mass is 427 g/mol. The van der Waals surface area contributed by atoms with E-state index in [9.17, 15) is 12.8 Å². The van der Waals surface area contributed by atoms with Gasteiger partial charge in [0.25, 0.3) is 0 Å². The Balaban J connectivity index is 1.48. The molecule has 1 fully saturated rings. The van der Waals surface area contributed by atoms with Crippen LogP contribution in [0.4, 0.5) is 4.39 Å². The van der Waals surface area contributed by atoms with Crippen molar-refractivity contribution in [2.24, 2.45) is 0 Å². The first kappa shape index (κ1) is 20.4. The van der Waals surface area contributed by atoms with Crippen LogP contribution in [0.25, 0.3) is 11.3 Å². The van der Waals surface area contributed by atoms with Crippen LogP contribution >= 0.6 is 0 Å². The molecule has 0 saturated carbocycles. The molecule has 0 spiro atoms. The summed E-state index contributed by atoms with van der Waals surface area (Å²) in [7, 11) is -2.01. The van der Waals surface area contributed by atoms with Crippen LogP contribution in [0.3, 0.4) is 0 Å². The average molecular weight is 428 g/mol. The molecule has 4 rings (SSSR count). The number of nitrogens with zero attached hydrogens (tertiary/aromatic N) is 3. The molecule has 1 aliphatic rings. The molecule has 0 unspecified atom stereocenters. The quantitative estimate of drug-likeness (QED) is 0.618. The Hall–Kier alpha value is -2.84. The fraction of sp³-hybridized carbons (Fsp3) is 0.273. The zero-order valence-electron chi connectivity index (χ0n) is 16.5. The Bertz CT molecular complexity index is 1130. The molecule has 0 N–H and O–H groups in total. The van der Waals surface area contributed by atoms with Gasteiger partial charge < -0.3 is 4.74 Å². The number of piperidine rings is 1. The van der Waals surface area contributed by atoms with Gasteiger partial charge in [0.05, 0.1) is 29.6 Å².